The normalized spacial score (nSPS) is 16.9. The smallest absolute Gasteiger partial charge is 0.235 e. The summed E-state index contributed by atoms with van der Waals surface area (Å²) in [5.74, 6) is -0.543. The molecule has 4 aromatic rings. The summed E-state index contributed by atoms with van der Waals surface area (Å²) in [5, 5.41) is 7.61. The number of halogens is 3. The fourth-order valence-electron chi connectivity index (χ4n) is 4.41. The third-order valence-electron chi connectivity index (χ3n) is 6.35. The van der Waals surface area contributed by atoms with Crippen molar-refractivity contribution in [1.29, 1.82) is 0 Å². The van der Waals surface area contributed by atoms with E-state index in [0.717, 1.165) is 6.20 Å². The number of nitrogens with zero attached hydrogens (tertiary/aromatic N) is 7. The first-order valence-electron chi connectivity index (χ1n) is 11.0. The van der Waals surface area contributed by atoms with Gasteiger partial charge in [-0.2, -0.15) is 5.10 Å². The zero-order chi connectivity index (χ0) is 24.5. The van der Waals surface area contributed by atoms with Crippen molar-refractivity contribution in [3.63, 3.8) is 0 Å². The van der Waals surface area contributed by atoms with E-state index in [1.54, 1.807) is 18.7 Å². The predicted octanol–water partition coefficient (Wildman–Crippen LogP) is 3.00. The molecule has 1 saturated heterocycles. The summed E-state index contributed by atoms with van der Waals surface area (Å²) >= 11 is 0. The first-order valence-corrected chi connectivity index (χ1v) is 11.0. The zero-order valence-corrected chi connectivity index (χ0v) is 18.8. The van der Waals surface area contributed by atoms with Crippen molar-refractivity contribution in [1.82, 2.24) is 29.7 Å². The Labute approximate surface area is 197 Å². The van der Waals surface area contributed by atoms with Crippen LogP contribution in [0.4, 0.5) is 24.8 Å². The Morgan fingerprint density at radius 1 is 1.20 bits per heavy atom. The Morgan fingerprint density at radius 2 is 2.00 bits per heavy atom. The minimum atomic E-state index is -0.996. The lowest BCUT2D eigenvalue weighted by Gasteiger charge is -2.37. The molecule has 0 spiro atoms. The maximum absolute atomic E-state index is 14.3. The summed E-state index contributed by atoms with van der Waals surface area (Å²) in [4.78, 5) is 31.8. The Morgan fingerprint density at radius 3 is 2.74 bits per heavy atom. The molecule has 2 aliphatic rings. The van der Waals surface area contributed by atoms with Gasteiger partial charge in [0.15, 0.2) is 11.5 Å². The van der Waals surface area contributed by atoms with E-state index in [0.29, 0.717) is 22.6 Å². The van der Waals surface area contributed by atoms with Crippen LogP contribution in [0.15, 0.2) is 30.6 Å². The summed E-state index contributed by atoms with van der Waals surface area (Å²) < 4.78 is 43.6. The number of amides is 1. The molecule has 4 aromatic heterocycles. The molecule has 12 heteroatoms. The van der Waals surface area contributed by atoms with E-state index in [-0.39, 0.29) is 48.4 Å². The maximum Gasteiger partial charge on any atom is 0.235 e. The van der Waals surface area contributed by atoms with Crippen LogP contribution < -0.4 is 10.2 Å². The van der Waals surface area contributed by atoms with E-state index in [9.17, 15) is 18.0 Å². The van der Waals surface area contributed by atoms with E-state index in [2.05, 4.69) is 30.4 Å². The highest BCUT2D eigenvalue weighted by Crippen LogP contribution is 2.44. The van der Waals surface area contributed by atoms with Crippen molar-refractivity contribution in [2.45, 2.75) is 32.0 Å². The number of hydrogen-bond donors (Lipinski definition) is 1. The van der Waals surface area contributed by atoms with Crippen LogP contribution in [0.1, 0.15) is 25.1 Å². The van der Waals surface area contributed by atoms with Gasteiger partial charge >= 0.3 is 0 Å². The van der Waals surface area contributed by atoms with E-state index in [4.69, 9.17) is 0 Å². The second-order valence-electron chi connectivity index (χ2n) is 9.14. The van der Waals surface area contributed by atoms with Crippen LogP contribution >= 0.6 is 0 Å². The van der Waals surface area contributed by atoms with Crippen molar-refractivity contribution in [2.24, 2.45) is 0 Å². The van der Waals surface area contributed by atoms with Crippen molar-refractivity contribution < 1.29 is 18.0 Å². The summed E-state index contributed by atoms with van der Waals surface area (Å²) in [6.45, 7) is 3.71. The van der Waals surface area contributed by atoms with Crippen molar-refractivity contribution in [3.8, 4) is 11.5 Å². The number of aromatic nitrogens is 6. The number of fused-ring (bicyclic) bond motifs is 2. The van der Waals surface area contributed by atoms with Gasteiger partial charge in [-0.15, -0.1) is 0 Å². The average Bonchev–Trinajstić information content (AvgIpc) is 3.26. The fraction of sp³-hybridized carbons (Fsp3) is 0.304. The Balaban J connectivity index is 1.54. The molecule has 35 heavy (non-hydrogen) atoms. The van der Waals surface area contributed by atoms with Crippen LogP contribution in [0, 0.1) is 11.6 Å². The Kier molecular flexibility index (Phi) is 4.57. The van der Waals surface area contributed by atoms with E-state index in [1.165, 1.54) is 29.1 Å². The number of carbonyl (C=O) groups is 1. The summed E-state index contributed by atoms with van der Waals surface area (Å²) in [6, 6.07) is 4.01. The van der Waals surface area contributed by atoms with Gasteiger partial charge in [0.25, 0.3) is 0 Å². The molecule has 0 radical (unpaired) electrons. The summed E-state index contributed by atoms with van der Waals surface area (Å²) in [7, 11) is 0. The zero-order valence-electron chi connectivity index (χ0n) is 18.8. The highest BCUT2D eigenvalue weighted by Gasteiger charge is 2.45. The van der Waals surface area contributed by atoms with Gasteiger partial charge < -0.3 is 10.2 Å². The van der Waals surface area contributed by atoms with Crippen molar-refractivity contribution in [3.05, 3.63) is 53.5 Å². The molecule has 6 heterocycles. The number of hydrogen-bond acceptors (Lipinski definition) is 7. The first-order chi connectivity index (χ1) is 16.7. The number of nitrogens with one attached hydrogen (secondary N) is 1. The quantitative estimate of drug-likeness (QED) is 0.479. The molecule has 1 fully saturated rings. The average molecular weight is 480 g/mol. The molecule has 0 aromatic carbocycles. The molecule has 0 atom stereocenters. The van der Waals surface area contributed by atoms with E-state index < -0.39 is 23.2 Å². The molecule has 0 unspecified atom stereocenters. The topological polar surface area (TPSA) is 102 Å². The van der Waals surface area contributed by atoms with Gasteiger partial charge in [-0.05, 0) is 32.0 Å². The SMILES string of the molecule is CC1(C)C(=O)Nc2nc(-c3nn(Cc4ncccc4F)c4ncc(F)cc34)nc(N3CC(F)C3)c21. The molecule has 1 N–H and O–H groups in total. The molecule has 1 amide bonds. The fourth-order valence-corrected chi connectivity index (χ4v) is 4.41. The Bertz CT molecular complexity index is 1510. The van der Waals surface area contributed by atoms with Gasteiger partial charge in [0, 0.05) is 6.20 Å². The highest BCUT2D eigenvalue weighted by atomic mass is 19.1. The second kappa shape index (κ2) is 7.45. The minimum Gasteiger partial charge on any atom is -0.350 e. The molecule has 2 aliphatic heterocycles. The second-order valence-corrected chi connectivity index (χ2v) is 9.14. The standard InChI is InChI=1S/C23H19F3N8O/c1-23(2)16-18(31-22(23)35)29-19(30-21(16)33-8-12(25)9-33)17-13-6-11(24)7-28-20(13)34(32-17)10-15-14(26)4-3-5-27-15/h3-7,12H,8-10H2,1-2H3,(H,29,30,31,35). The largest absolute Gasteiger partial charge is 0.350 e. The highest BCUT2D eigenvalue weighted by molar-refractivity contribution is 6.06. The number of rotatable bonds is 4. The van der Waals surface area contributed by atoms with Crippen LogP contribution in [0.25, 0.3) is 22.6 Å². The number of pyridine rings is 2. The molecular weight excluding hydrogens is 461 g/mol. The monoisotopic (exact) mass is 480 g/mol. The van der Waals surface area contributed by atoms with Crippen LogP contribution in [-0.2, 0) is 16.8 Å². The van der Waals surface area contributed by atoms with Gasteiger partial charge in [-0.3, -0.25) is 9.78 Å². The van der Waals surface area contributed by atoms with Crippen molar-refractivity contribution in [2.75, 3.05) is 23.3 Å². The predicted molar refractivity (Wildman–Crippen MR) is 121 cm³/mol. The molecule has 178 valence electrons. The molecule has 0 saturated carbocycles. The summed E-state index contributed by atoms with van der Waals surface area (Å²) in [5.41, 5.74) is 0.268. The van der Waals surface area contributed by atoms with Crippen LogP contribution in [0.2, 0.25) is 0 Å². The minimum absolute atomic E-state index is 0.0565. The molecule has 0 bridgehead atoms. The third-order valence-corrected chi connectivity index (χ3v) is 6.35. The lowest BCUT2D eigenvalue weighted by molar-refractivity contribution is -0.119. The molecule has 6 rings (SSSR count). The number of carbonyl (C=O) groups excluding carboxylic acids is 1. The van der Waals surface area contributed by atoms with Crippen LogP contribution in [0.3, 0.4) is 0 Å². The number of alkyl halides is 1. The van der Waals surface area contributed by atoms with E-state index >= 15 is 0 Å². The van der Waals surface area contributed by atoms with Crippen LogP contribution in [-0.4, -0.2) is 54.9 Å². The molecule has 9 nitrogen and oxygen atoms in total. The van der Waals surface area contributed by atoms with Gasteiger partial charge in [0.2, 0.25) is 5.91 Å². The third kappa shape index (κ3) is 3.31. The van der Waals surface area contributed by atoms with Gasteiger partial charge in [-0.25, -0.2) is 32.8 Å². The van der Waals surface area contributed by atoms with Crippen LogP contribution in [0.5, 0.6) is 0 Å². The van der Waals surface area contributed by atoms with Gasteiger partial charge in [0.05, 0.1) is 47.9 Å². The lowest BCUT2D eigenvalue weighted by Crippen LogP contribution is -2.49. The van der Waals surface area contributed by atoms with Gasteiger partial charge in [0.1, 0.15) is 35.1 Å². The Hall–Kier alpha value is -4.09. The molecule has 0 aliphatic carbocycles. The maximum atomic E-state index is 14.3. The van der Waals surface area contributed by atoms with Crippen molar-refractivity contribution >= 4 is 28.6 Å². The number of anilines is 2. The van der Waals surface area contributed by atoms with Gasteiger partial charge in [-0.1, -0.05) is 0 Å². The van der Waals surface area contributed by atoms with E-state index in [1.807, 2.05) is 0 Å². The molecular formula is C23H19F3N8O. The lowest BCUT2D eigenvalue weighted by atomic mass is 9.86. The summed E-state index contributed by atoms with van der Waals surface area (Å²) in [6.07, 6.45) is 1.51. The first kappa shape index (κ1) is 21.4.